The number of aryl methyl sites for hydroxylation is 1. The van der Waals surface area contributed by atoms with Crippen LogP contribution >= 0.6 is 0 Å². The summed E-state index contributed by atoms with van der Waals surface area (Å²) in [5.41, 5.74) is 6.66. The number of hydrogen-bond acceptors (Lipinski definition) is 5. The summed E-state index contributed by atoms with van der Waals surface area (Å²) >= 11 is 0. The molecule has 0 spiro atoms. The highest BCUT2D eigenvalue weighted by molar-refractivity contribution is 6.35. The second-order valence-electron chi connectivity index (χ2n) is 10.3. The quantitative estimate of drug-likeness (QED) is 0.294. The molecule has 2 N–H and O–H groups in total. The number of aliphatic imine (C=N–C) groups is 1. The van der Waals surface area contributed by atoms with Crippen LogP contribution < -0.4 is 11.2 Å². The van der Waals surface area contributed by atoms with Crippen LogP contribution in [0.1, 0.15) is 59.5 Å². The Morgan fingerprint density at radius 3 is 2.70 bits per heavy atom. The highest BCUT2D eigenvalue weighted by atomic mass is 16.2. The molecule has 2 radical (unpaired) electrons. The number of carbonyl (C=O) groups excluding carboxylic acids is 1. The van der Waals surface area contributed by atoms with E-state index in [2.05, 4.69) is 29.0 Å². The summed E-state index contributed by atoms with van der Waals surface area (Å²) in [5, 5.41) is 12.3. The highest BCUT2D eigenvalue weighted by Crippen LogP contribution is 2.28. The van der Waals surface area contributed by atoms with Gasteiger partial charge in [0.25, 0.3) is 5.91 Å². The first-order chi connectivity index (χ1) is 19.5. The monoisotopic (exact) mass is 531 g/mol. The van der Waals surface area contributed by atoms with E-state index in [0.29, 0.717) is 48.3 Å². The van der Waals surface area contributed by atoms with Gasteiger partial charge in [-0.3, -0.25) is 14.4 Å². The van der Waals surface area contributed by atoms with Gasteiger partial charge in [0.2, 0.25) is 0 Å². The fourth-order valence-corrected chi connectivity index (χ4v) is 5.63. The summed E-state index contributed by atoms with van der Waals surface area (Å²) in [6.07, 6.45) is 8.21. The molecule has 1 saturated heterocycles. The zero-order valence-corrected chi connectivity index (χ0v) is 22.4. The maximum atomic E-state index is 13.7. The number of hydrogen-bond donors (Lipinski definition) is 2. The van der Waals surface area contributed by atoms with Gasteiger partial charge in [-0.25, -0.2) is 9.48 Å². The lowest BCUT2D eigenvalue weighted by Gasteiger charge is -2.32. The van der Waals surface area contributed by atoms with Crippen LogP contribution in [0.25, 0.3) is 22.3 Å². The van der Waals surface area contributed by atoms with Crippen molar-refractivity contribution < 1.29 is 4.79 Å². The minimum Gasteiger partial charge on any atom is -0.337 e. The number of aromatic amines is 1. The number of likely N-dealkylation sites (tertiary alicyclic amines) is 1. The minimum atomic E-state index is -0.143. The van der Waals surface area contributed by atoms with Crippen LogP contribution in [0, 0.1) is 5.41 Å². The van der Waals surface area contributed by atoms with Gasteiger partial charge in [-0.05, 0) is 67.1 Å². The number of nitrogens with one attached hydrogen (secondary N) is 2. The zero-order chi connectivity index (χ0) is 27.8. The average molecular weight is 531 g/mol. The van der Waals surface area contributed by atoms with Crippen LogP contribution in [0.15, 0.2) is 58.3 Å². The van der Waals surface area contributed by atoms with Crippen LogP contribution in [0.3, 0.4) is 0 Å². The van der Waals surface area contributed by atoms with E-state index in [-0.39, 0.29) is 17.6 Å². The molecule has 200 valence electrons. The number of imidazole rings is 1. The Kier molecular flexibility index (Phi) is 6.83. The summed E-state index contributed by atoms with van der Waals surface area (Å²) < 4.78 is 3.59. The third kappa shape index (κ3) is 4.63. The number of piperidine rings is 1. The van der Waals surface area contributed by atoms with E-state index in [0.717, 1.165) is 41.7 Å². The normalized spacial score (nSPS) is 15.9. The smallest absolute Gasteiger partial charge is 0.326 e. The Morgan fingerprint density at radius 2 is 2.00 bits per heavy atom. The lowest BCUT2D eigenvalue weighted by molar-refractivity contribution is 0.0688. The first-order valence-corrected chi connectivity index (χ1v) is 13.7. The van der Waals surface area contributed by atoms with Crippen molar-refractivity contribution in [2.24, 2.45) is 4.99 Å². The fourth-order valence-electron chi connectivity index (χ4n) is 5.63. The third-order valence-corrected chi connectivity index (χ3v) is 7.85. The molecule has 2 aliphatic heterocycles. The topological polar surface area (TPSA) is 112 Å². The first kappa shape index (κ1) is 25.8. The van der Waals surface area contributed by atoms with E-state index in [1.807, 2.05) is 39.9 Å². The van der Waals surface area contributed by atoms with Gasteiger partial charge in [-0.1, -0.05) is 30.6 Å². The van der Waals surface area contributed by atoms with Gasteiger partial charge in [0.05, 0.1) is 22.4 Å². The number of fused-ring (bicyclic) bond motifs is 1. The molecule has 2 aromatic heterocycles. The zero-order valence-electron chi connectivity index (χ0n) is 22.4. The molecule has 6 rings (SSSR count). The molecule has 0 atom stereocenters. The number of allylic oxidation sites excluding steroid dienone is 1. The van der Waals surface area contributed by atoms with Gasteiger partial charge in [0.15, 0.2) is 5.69 Å². The SMILES string of the molecule is [B]c1cc(-n2nc(C(=O)N3CCC(n4c(=O)[nH]c5ccc(CC)cc54)CC3)cc2C2=CCCN=C2)ccc1C=N. The van der Waals surface area contributed by atoms with E-state index >= 15 is 0 Å². The maximum Gasteiger partial charge on any atom is 0.326 e. The summed E-state index contributed by atoms with van der Waals surface area (Å²) in [4.78, 5) is 35.7. The Balaban J connectivity index is 1.27. The van der Waals surface area contributed by atoms with Gasteiger partial charge in [0, 0.05) is 43.7 Å². The number of dihydropyridines is 1. The van der Waals surface area contributed by atoms with Gasteiger partial charge in [0.1, 0.15) is 7.85 Å². The Bertz CT molecular complexity index is 1730. The van der Waals surface area contributed by atoms with Crippen molar-refractivity contribution in [3.63, 3.8) is 0 Å². The Morgan fingerprint density at radius 1 is 1.18 bits per heavy atom. The van der Waals surface area contributed by atoms with E-state index in [1.54, 1.807) is 16.8 Å². The van der Waals surface area contributed by atoms with Crippen LogP contribution in [0.5, 0.6) is 0 Å². The van der Waals surface area contributed by atoms with Crippen molar-refractivity contribution in [3.05, 3.63) is 81.5 Å². The molecule has 0 bridgehead atoms. The molecule has 1 amide bonds. The lowest BCUT2D eigenvalue weighted by atomic mass is 9.90. The fraction of sp³-hybridized carbons (Fsp3) is 0.300. The van der Waals surface area contributed by atoms with Gasteiger partial charge >= 0.3 is 5.69 Å². The number of rotatable bonds is 6. The van der Waals surface area contributed by atoms with Gasteiger partial charge in [-0.15, -0.1) is 0 Å². The Labute approximate surface area is 233 Å². The molecule has 1 fully saturated rings. The van der Waals surface area contributed by atoms with Crippen LogP contribution in [0.2, 0.25) is 0 Å². The van der Waals surface area contributed by atoms with Crippen molar-refractivity contribution in [1.29, 1.82) is 5.41 Å². The molecule has 0 saturated carbocycles. The molecule has 0 unspecified atom stereocenters. The summed E-state index contributed by atoms with van der Waals surface area (Å²) in [6, 6.07) is 13.3. The molecule has 4 heterocycles. The van der Waals surface area contributed by atoms with Gasteiger partial charge < -0.3 is 15.3 Å². The molecule has 4 aromatic rings. The largest absolute Gasteiger partial charge is 0.337 e. The standard InChI is InChI=1S/C30H30BN7O2/c1-2-19-5-8-25-28(14-19)37(30(40)34-25)22-9-12-36(13-10-22)29(39)26-16-27(21-4-3-11-33-18-21)38(35-26)23-7-6-20(17-32)24(31)15-23/h4-8,14-18,22,32H,2-3,9-13H2,1H3,(H,34,40). The maximum absolute atomic E-state index is 13.7. The molecule has 9 nitrogen and oxygen atoms in total. The number of carbonyl (C=O) groups is 1. The predicted molar refractivity (Wildman–Crippen MR) is 159 cm³/mol. The molecule has 2 aliphatic rings. The van der Waals surface area contributed by atoms with Gasteiger partial charge in [-0.2, -0.15) is 5.10 Å². The van der Waals surface area contributed by atoms with Crippen molar-refractivity contribution in [2.45, 2.75) is 38.6 Å². The van der Waals surface area contributed by atoms with Crippen molar-refractivity contribution in [2.75, 3.05) is 19.6 Å². The van der Waals surface area contributed by atoms with Crippen molar-refractivity contribution in [3.8, 4) is 5.69 Å². The number of benzene rings is 2. The van der Waals surface area contributed by atoms with E-state index in [4.69, 9.17) is 18.4 Å². The molecular weight excluding hydrogens is 501 g/mol. The van der Waals surface area contributed by atoms with E-state index in [9.17, 15) is 9.59 Å². The second kappa shape index (κ2) is 10.6. The second-order valence-corrected chi connectivity index (χ2v) is 10.3. The number of aromatic nitrogens is 4. The highest BCUT2D eigenvalue weighted by Gasteiger charge is 2.29. The number of nitrogens with zero attached hydrogens (tertiary/aromatic N) is 5. The molecule has 40 heavy (non-hydrogen) atoms. The number of H-pyrrole nitrogens is 1. The Hall–Kier alpha value is -4.47. The predicted octanol–water partition coefficient (Wildman–Crippen LogP) is 3.20. The average Bonchev–Trinajstić information content (AvgIpc) is 3.58. The first-order valence-electron chi connectivity index (χ1n) is 13.7. The summed E-state index contributed by atoms with van der Waals surface area (Å²) in [6.45, 7) is 3.90. The molecule has 10 heteroatoms. The lowest BCUT2D eigenvalue weighted by Crippen LogP contribution is -2.40. The minimum absolute atomic E-state index is 0.0180. The van der Waals surface area contributed by atoms with Crippen molar-refractivity contribution in [1.82, 2.24) is 24.2 Å². The summed E-state index contributed by atoms with van der Waals surface area (Å²) in [7, 11) is 6.16. The van der Waals surface area contributed by atoms with Crippen LogP contribution in [0.4, 0.5) is 0 Å². The van der Waals surface area contributed by atoms with Crippen LogP contribution in [-0.4, -0.2) is 70.0 Å². The number of amides is 1. The van der Waals surface area contributed by atoms with Crippen LogP contribution in [-0.2, 0) is 6.42 Å². The summed E-state index contributed by atoms with van der Waals surface area (Å²) in [5.74, 6) is -0.143. The van der Waals surface area contributed by atoms with Crippen molar-refractivity contribution >= 4 is 48.3 Å². The third-order valence-electron chi connectivity index (χ3n) is 7.85. The van der Waals surface area contributed by atoms with E-state index in [1.165, 1.54) is 11.8 Å². The molecule has 2 aromatic carbocycles. The molecule has 0 aliphatic carbocycles. The molecular formula is C30H30BN7O2. The van der Waals surface area contributed by atoms with E-state index < -0.39 is 0 Å².